The highest BCUT2D eigenvalue weighted by molar-refractivity contribution is 6.26. The summed E-state index contributed by atoms with van der Waals surface area (Å²) in [6.07, 6.45) is 1.82. The average molecular weight is 842 g/mol. The number of aromatic nitrogens is 3. The number of carbonyl (C=O) groups is 6. The Balaban J connectivity index is 0.960. The Bertz CT molecular complexity index is 3000. The van der Waals surface area contributed by atoms with Gasteiger partial charge in [-0.2, -0.15) is 0 Å². The van der Waals surface area contributed by atoms with Crippen LogP contribution in [0, 0.1) is 12.7 Å². The van der Waals surface area contributed by atoms with Crippen molar-refractivity contribution in [2.75, 3.05) is 24.4 Å². The second-order valence-corrected chi connectivity index (χ2v) is 14.5. The number of carbonyl (C=O) groups excluding carboxylic acids is 6. The van der Waals surface area contributed by atoms with Crippen LogP contribution in [-0.4, -0.2) is 74.6 Å². The van der Waals surface area contributed by atoms with E-state index in [1.54, 1.807) is 24.6 Å². The predicted molar refractivity (Wildman–Crippen MR) is 221 cm³/mol. The van der Waals surface area contributed by atoms with E-state index in [4.69, 9.17) is 14.2 Å². The predicted octanol–water partition coefficient (Wildman–Crippen LogP) is 4.96. The third-order valence-corrected chi connectivity index (χ3v) is 10.8. The highest BCUT2D eigenvalue weighted by Gasteiger charge is 2.45. The van der Waals surface area contributed by atoms with Crippen molar-refractivity contribution >= 4 is 68.6 Å². The Labute approximate surface area is 350 Å². The molecule has 6 amide bonds. The lowest BCUT2D eigenvalue weighted by Crippen LogP contribution is -2.54. The van der Waals surface area contributed by atoms with E-state index in [0.29, 0.717) is 23.0 Å². The molecule has 1 atom stereocenters. The summed E-state index contributed by atoms with van der Waals surface area (Å²) in [6.45, 7) is 3.06. The molecule has 1 fully saturated rings. The van der Waals surface area contributed by atoms with Crippen molar-refractivity contribution in [1.82, 2.24) is 24.8 Å². The van der Waals surface area contributed by atoms with Gasteiger partial charge < -0.3 is 29.4 Å². The number of anilines is 2. The van der Waals surface area contributed by atoms with Gasteiger partial charge >= 0.3 is 0 Å². The minimum atomic E-state index is -1.18. The second kappa shape index (κ2) is 16.2. The Morgan fingerprint density at radius 2 is 1.73 bits per heavy atom. The Morgan fingerprint density at radius 1 is 0.919 bits per heavy atom. The summed E-state index contributed by atoms with van der Waals surface area (Å²) < 4.78 is 34.5. The molecule has 1 unspecified atom stereocenters. The largest absolute Gasteiger partial charge is 0.493 e. The number of pyridine rings is 1. The molecule has 2 aliphatic rings. The molecule has 314 valence electrons. The van der Waals surface area contributed by atoms with Gasteiger partial charge in [0.25, 0.3) is 23.6 Å². The first-order valence-electron chi connectivity index (χ1n) is 19.3. The Morgan fingerprint density at radius 3 is 2.47 bits per heavy atom. The number of nitrogens with zero attached hydrogens (tertiary/aromatic N) is 4. The summed E-state index contributed by atoms with van der Waals surface area (Å²) in [6, 6.07) is 15.4. The summed E-state index contributed by atoms with van der Waals surface area (Å²) in [5.74, 6) is -5.12. The van der Waals surface area contributed by atoms with E-state index >= 15 is 4.39 Å². The number of benzene rings is 4. The molecule has 6 aromatic rings. The highest BCUT2D eigenvalue weighted by atomic mass is 19.1. The van der Waals surface area contributed by atoms with Crippen LogP contribution in [0.2, 0.25) is 0 Å². The number of imide groups is 2. The lowest BCUT2D eigenvalue weighted by atomic mass is 10.0. The average Bonchev–Trinajstić information content (AvgIpc) is 3.51. The number of fused-ring (bicyclic) bond motifs is 3. The van der Waals surface area contributed by atoms with Crippen molar-refractivity contribution in [3.8, 4) is 23.1 Å². The molecule has 0 saturated carbocycles. The number of halogens is 1. The molecular weight excluding hydrogens is 806 g/mol. The van der Waals surface area contributed by atoms with Gasteiger partial charge in [-0.05, 0) is 67.8 Å². The lowest BCUT2D eigenvalue weighted by Gasteiger charge is -2.27. The molecule has 0 spiro atoms. The van der Waals surface area contributed by atoms with Crippen LogP contribution in [0.5, 0.6) is 23.1 Å². The van der Waals surface area contributed by atoms with Crippen molar-refractivity contribution < 1.29 is 47.4 Å². The minimum absolute atomic E-state index is 0.0134. The fourth-order valence-corrected chi connectivity index (χ4v) is 7.49. The van der Waals surface area contributed by atoms with Crippen LogP contribution < -0.4 is 35.6 Å². The molecule has 0 radical (unpaired) electrons. The molecule has 4 aromatic carbocycles. The van der Waals surface area contributed by atoms with Crippen molar-refractivity contribution in [2.45, 2.75) is 39.2 Å². The molecule has 2 aliphatic heterocycles. The van der Waals surface area contributed by atoms with E-state index in [1.165, 1.54) is 55.9 Å². The zero-order valence-corrected chi connectivity index (χ0v) is 33.6. The standard InChI is InChI=1S/C44H36FN7O10/c1-5-22-9-11-30-26(15-22)39(55)37(21(2)51(30)3)41(57)48-23-10-13-32(27(45)16-23)62-42-25-17-33(60-4)34(18-29(25)46-20-47-42)61-19-36(54)49-28-8-6-7-24-38(28)44(59)52(43(24)58)31-12-14-35(53)50-40(31)56/h6-11,13,15-18,20,31H,5,12,14,19H2,1-4H3,(H,48,57)(H,49,54)(H,50,53,56). The molecule has 18 heteroatoms. The first-order valence-corrected chi connectivity index (χ1v) is 19.3. The molecule has 4 heterocycles. The maximum atomic E-state index is 15.6. The number of nitrogens with one attached hydrogen (secondary N) is 3. The number of hydrogen-bond donors (Lipinski definition) is 3. The molecule has 1 saturated heterocycles. The van der Waals surface area contributed by atoms with Crippen molar-refractivity contribution in [3.63, 3.8) is 0 Å². The van der Waals surface area contributed by atoms with Crippen molar-refractivity contribution in [3.05, 3.63) is 117 Å². The number of aryl methyl sites for hydroxylation is 2. The van der Waals surface area contributed by atoms with Gasteiger partial charge in [0.15, 0.2) is 29.7 Å². The number of hydrogen-bond acceptors (Lipinski definition) is 12. The van der Waals surface area contributed by atoms with Gasteiger partial charge in [-0.1, -0.05) is 19.1 Å². The number of ether oxygens (including phenoxy) is 3. The minimum Gasteiger partial charge on any atom is -0.493 e. The van der Waals surface area contributed by atoms with E-state index in [1.807, 2.05) is 19.1 Å². The number of piperidine rings is 1. The van der Waals surface area contributed by atoms with E-state index in [9.17, 15) is 33.6 Å². The van der Waals surface area contributed by atoms with Crippen LogP contribution in [0.25, 0.3) is 21.8 Å². The summed E-state index contributed by atoms with van der Waals surface area (Å²) in [7, 11) is 3.12. The Kier molecular flexibility index (Phi) is 10.7. The third-order valence-electron chi connectivity index (χ3n) is 10.8. The smallest absolute Gasteiger partial charge is 0.264 e. The van der Waals surface area contributed by atoms with Gasteiger partial charge in [0.2, 0.25) is 23.1 Å². The van der Waals surface area contributed by atoms with Gasteiger partial charge in [0.1, 0.15) is 17.9 Å². The fourth-order valence-electron chi connectivity index (χ4n) is 7.49. The van der Waals surface area contributed by atoms with Gasteiger partial charge in [0, 0.05) is 42.4 Å². The van der Waals surface area contributed by atoms with Gasteiger partial charge in [-0.25, -0.2) is 14.4 Å². The van der Waals surface area contributed by atoms with E-state index in [-0.39, 0.29) is 74.9 Å². The normalized spacial score (nSPS) is 14.8. The van der Waals surface area contributed by atoms with Gasteiger partial charge in [-0.15, -0.1) is 0 Å². The monoisotopic (exact) mass is 841 g/mol. The maximum absolute atomic E-state index is 15.6. The van der Waals surface area contributed by atoms with Gasteiger partial charge in [0.05, 0.1) is 40.3 Å². The summed E-state index contributed by atoms with van der Waals surface area (Å²) in [5.41, 5.74) is 1.83. The Hall–Kier alpha value is -8.02. The molecule has 17 nitrogen and oxygen atoms in total. The van der Waals surface area contributed by atoms with Crippen LogP contribution >= 0.6 is 0 Å². The number of rotatable bonds is 11. The molecule has 3 N–H and O–H groups in total. The van der Waals surface area contributed by atoms with Crippen LogP contribution in [0.4, 0.5) is 15.8 Å². The number of methoxy groups -OCH3 is 1. The summed E-state index contributed by atoms with van der Waals surface area (Å²) >= 11 is 0. The first kappa shape index (κ1) is 40.7. The van der Waals surface area contributed by atoms with Crippen molar-refractivity contribution in [2.24, 2.45) is 7.05 Å². The quantitative estimate of drug-likeness (QED) is 0.148. The molecular formula is C44H36FN7O10. The maximum Gasteiger partial charge on any atom is 0.264 e. The topological polar surface area (TPSA) is 217 Å². The number of amides is 6. The third kappa shape index (κ3) is 7.31. The van der Waals surface area contributed by atoms with Crippen LogP contribution in [0.3, 0.4) is 0 Å². The van der Waals surface area contributed by atoms with Crippen LogP contribution in [0.15, 0.2) is 77.9 Å². The van der Waals surface area contributed by atoms with Crippen molar-refractivity contribution in [1.29, 1.82) is 0 Å². The molecule has 0 aliphatic carbocycles. The second-order valence-electron chi connectivity index (χ2n) is 14.5. The SMILES string of the molecule is CCc1ccc2c(c1)c(=O)c(C(=O)Nc1ccc(Oc3ncnc4cc(OCC(=O)Nc5cccc6c5C(=O)N(C5CCC(=O)NC5=O)C6=O)c(OC)cc34)c(F)c1)c(C)n2C. The van der Waals surface area contributed by atoms with E-state index < -0.39 is 59.3 Å². The van der Waals surface area contributed by atoms with Gasteiger partial charge in [-0.3, -0.25) is 43.8 Å². The van der Waals surface area contributed by atoms with Crippen LogP contribution in [0.1, 0.15) is 62.1 Å². The summed E-state index contributed by atoms with van der Waals surface area (Å²) in [4.78, 5) is 100. The molecule has 62 heavy (non-hydrogen) atoms. The lowest BCUT2D eigenvalue weighted by molar-refractivity contribution is -0.136. The zero-order valence-electron chi connectivity index (χ0n) is 33.6. The molecule has 8 rings (SSSR count). The fraction of sp³-hybridized carbons (Fsp3) is 0.205. The van der Waals surface area contributed by atoms with E-state index in [0.717, 1.165) is 16.5 Å². The summed E-state index contributed by atoms with van der Waals surface area (Å²) in [5, 5.41) is 8.04. The zero-order chi connectivity index (χ0) is 44.0. The molecule has 0 bridgehead atoms. The van der Waals surface area contributed by atoms with Crippen LogP contribution in [-0.2, 0) is 27.9 Å². The van der Waals surface area contributed by atoms with E-state index in [2.05, 4.69) is 25.9 Å². The highest BCUT2D eigenvalue weighted by Crippen LogP contribution is 2.37. The molecule has 2 aromatic heterocycles. The first-order chi connectivity index (χ1) is 29.8.